The molecular formula is C50H39N. The maximum atomic E-state index is 2.63. The fourth-order valence-electron chi connectivity index (χ4n) is 11.2. The normalized spacial score (nSPS) is 25.5. The van der Waals surface area contributed by atoms with Crippen molar-refractivity contribution >= 4 is 27.4 Å². The van der Waals surface area contributed by atoms with Gasteiger partial charge in [0.05, 0.1) is 11.0 Å². The van der Waals surface area contributed by atoms with Gasteiger partial charge in [0.1, 0.15) is 0 Å². The highest BCUT2D eigenvalue weighted by Gasteiger charge is 2.66. The number of rotatable bonds is 3. The quantitative estimate of drug-likeness (QED) is 0.179. The minimum atomic E-state index is -0.111. The minimum Gasteiger partial charge on any atom is -0.309 e. The summed E-state index contributed by atoms with van der Waals surface area (Å²) in [6.07, 6.45) is 14.4. The lowest BCUT2D eigenvalue weighted by Gasteiger charge is -2.50. The molecule has 1 aromatic heterocycles. The minimum absolute atomic E-state index is 0.0501. The average Bonchev–Trinajstić information content (AvgIpc) is 3.77. The maximum absolute atomic E-state index is 2.63. The van der Waals surface area contributed by atoms with Crippen molar-refractivity contribution in [2.24, 2.45) is 11.3 Å². The molecule has 4 aliphatic carbocycles. The molecule has 11 rings (SSSR count). The first-order valence-electron chi connectivity index (χ1n) is 18.6. The molecule has 5 unspecified atom stereocenters. The van der Waals surface area contributed by atoms with E-state index >= 15 is 0 Å². The number of benzene rings is 6. The lowest BCUT2D eigenvalue weighted by molar-refractivity contribution is 0.185. The first-order chi connectivity index (χ1) is 25.2. The van der Waals surface area contributed by atoms with E-state index in [1.165, 1.54) is 66.4 Å². The van der Waals surface area contributed by atoms with Crippen LogP contribution in [0, 0.1) is 11.3 Å². The predicted molar refractivity (Wildman–Crippen MR) is 212 cm³/mol. The highest BCUT2D eigenvalue weighted by Crippen LogP contribution is 2.74. The lowest BCUT2D eigenvalue weighted by atomic mass is 9.51. The van der Waals surface area contributed by atoms with Crippen LogP contribution in [0.2, 0.25) is 0 Å². The van der Waals surface area contributed by atoms with Gasteiger partial charge in [-0.15, -0.1) is 0 Å². The van der Waals surface area contributed by atoms with Crippen molar-refractivity contribution in [2.75, 3.05) is 0 Å². The Labute approximate surface area is 299 Å². The third kappa shape index (κ3) is 3.82. The van der Waals surface area contributed by atoms with Gasteiger partial charge in [-0.2, -0.15) is 0 Å². The van der Waals surface area contributed by atoms with Gasteiger partial charge >= 0.3 is 0 Å². The molecule has 5 atom stereocenters. The number of hydrogen-bond acceptors (Lipinski definition) is 0. The van der Waals surface area contributed by atoms with Crippen molar-refractivity contribution in [3.8, 4) is 16.8 Å². The second-order valence-corrected chi connectivity index (χ2v) is 15.4. The van der Waals surface area contributed by atoms with Crippen LogP contribution in [-0.2, 0) is 5.41 Å². The van der Waals surface area contributed by atoms with Gasteiger partial charge in [0, 0.05) is 39.1 Å². The van der Waals surface area contributed by atoms with Crippen LogP contribution in [0.15, 0.2) is 176 Å². The van der Waals surface area contributed by atoms with Crippen molar-refractivity contribution in [3.63, 3.8) is 0 Å². The molecule has 0 amide bonds. The van der Waals surface area contributed by atoms with E-state index < -0.39 is 0 Å². The molecular weight excluding hydrogens is 615 g/mol. The van der Waals surface area contributed by atoms with Gasteiger partial charge < -0.3 is 4.57 Å². The van der Waals surface area contributed by atoms with E-state index in [-0.39, 0.29) is 10.8 Å². The average molecular weight is 654 g/mol. The second kappa shape index (κ2) is 10.7. The van der Waals surface area contributed by atoms with Crippen LogP contribution in [0.4, 0.5) is 0 Å². The largest absolute Gasteiger partial charge is 0.309 e. The summed E-state index contributed by atoms with van der Waals surface area (Å²) < 4.78 is 2.46. The van der Waals surface area contributed by atoms with E-state index in [1.54, 1.807) is 5.57 Å². The zero-order valence-corrected chi connectivity index (χ0v) is 28.8. The van der Waals surface area contributed by atoms with Gasteiger partial charge in [0.25, 0.3) is 0 Å². The van der Waals surface area contributed by atoms with E-state index in [2.05, 4.69) is 187 Å². The molecule has 4 aliphatic rings. The zero-order chi connectivity index (χ0) is 33.7. The molecule has 1 spiro atoms. The molecule has 0 aliphatic heterocycles. The van der Waals surface area contributed by atoms with Crippen LogP contribution >= 0.6 is 0 Å². The van der Waals surface area contributed by atoms with Gasteiger partial charge in [0.15, 0.2) is 0 Å². The van der Waals surface area contributed by atoms with Gasteiger partial charge in [0.2, 0.25) is 0 Å². The summed E-state index contributed by atoms with van der Waals surface area (Å²) in [5.41, 5.74) is 15.1. The highest BCUT2D eigenvalue weighted by molar-refractivity contribution is 6.09. The Hall–Kier alpha value is -5.66. The molecule has 0 N–H and O–H groups in total. The Balaban J connectivity index is 1.06. The summed E-state index contributed by atoms with van der Waals surface area (Å²) in [4.78, 5) is 0. The molecule has 1 nitrogen and oxygen atoms in total. The van der Waals surface area contributed by atoms with Crippen LogP contribution in [0.25, 0.3) is 44.2 Å². The molecule has 51 heavy (non-hydrogen) atoms. The Bertz CT molecular complexity index is 2630. The highest BCUT2D eigenvalue weighted by atomic mass is 15.0. The number of para-hydroxylation sites is 1. The van der Waals surface area contributed by atoms with Crippen molar-refractivity contribution in [1.82, 2.24) is 4.57 Å². The molecule has 1 heteroatoms. The van der Waals surface area contributed by atoms with E-state index in [4.69, 9.17) is 0 Å². The van der Waals surface area contributed by atoms with Crippen molar-refractivity contribution in [3.05, 3.63) is 204 Å². The van der Waals surface area contributed by atoms with Gasteiger partial charge in [-0.05, 0) is 93.6 Å². The number of hydrogen-bond donors (Lipinski definition) is 0. The summed E-state index contributed by atoms with van der Waals surface area (Å²) in [6.45, 7) is 2.61. The Kier molecular flexibility index (Phi) is 6.09. The number of allylic oxidation sites excluding steroid dienone is 6. The van der Waals surface area contributed by atoms with Crippen LogP contribution in [0.1, 0.15) is 59.4 Å². The van der Waals surface area contributed by atoms with E-state index in [1.807, 2.05) is 0 Å². The van der Waals surface area contributed by atoms with Gasteiger partial charge in [-0.1, -0.05) is 153 Å². The monoisotopic (exact) mass is 653 g/mol. The van der Waals surface area contributed by atoms with Gasteiger partial charge in [-0.25, -0.2) is 0 Å². The van der Waals surface area contributed by atoms with E-state index in [0.717, 1.165) is 12.8 Å². The maximum Gasteiger partial charge on any atom is 0.0541 e. The standard InChI is InChI=1S/C50H39N/c1-49-32-36(26-28-43(49)41-21-7-11-24-46(41)50(49)44-22-9-5-18-38(44)39-19-6-10-23-45(39)50)35-27-29-48-42(31-35)40-20-8-12-25-47(40)51(48)37-17-13-16-34(30-37)33-14-3-2-4-15-33/h2-25,27-31,36,38,44H,26,32H2,1H3. The lowest BCUT2D eigenvalue weighted by Crippen LogP contribution is -2.46. The fraction of sp³-hybridized carbons (Fsp3) is 0.160. The molecule has 0 saturated heterocycles. The Morgan fingerprint density at radius 3 is 2.27 bits per heavy atom. The molecule has 244 valence electrons. The van der Waals surface area contributed by atoms with Crippen LogP contribution in [-0.4, -0.2) is 4.57 Å². The topological polar surface area (TPSA) is 4.93 Å². The summed E-state index contributed by atoms with van der Waals surface area (Å²) in [6, 6.07) is 54.8. The first-order valence-corrected chi connectivity index (χ1v) is 18.6. The number of nitrogens with zero attached hydrogens (tertiary/aromatic N) is 1. The third-order valence-electron chi connectivity index (χ3n) is 13.1. The molecule has 0 fully saturated rings. The fourth-order valence-corrected chi connectivity index (χ4v) is 11.2. The van der Waals surface area contributed by atoms with E-state index in [9.17, 15) is 0 Å². The van der Waals surface area contributed by atoms with Crippen LogP contribution < -0.4 is 0 Å². The number of aromatic nitrogens is 1. The zero-order valence-electron chi connectivity index (χ0n) is 28.8. The molecule has 0 radical (unpaired) electrons. The molecule has 6 aromatic carbocycles. The summed E-state index contributed by atoms with van der Waals surface area (Å²) in [7, 11) is 0. The molecule has 0 saturated carbocycles. The summed E-state index contributed by atoms with van der Waals surface area (Å²) in [5.74, 6) is 1.22. The predicted octanol–water partition coefficient (Wildman–Crippen LogP) is 12.6. The van der Waals surface area contributed by atoms with Crippen LogP contribution in [0.5, 0.6) is 0 Å². The summed E-state index contributed by atoms with van der Waals surface area (Å²) >= 11 is 0. The SMILES string of the molecule is CC12CC(c3ccc4c(c3)c3ccccc3n4-c3cccc(-c4ccccc4)c3)CC=C1c1ccccc1C21c2ccccc2C2C=CC=CC21. The first kappa shape index (κ1) is 29.1. The smallest absolute Gasteiger partial charge is 0.0541 e. The van der Waals surface area contributed by atoms with Crippen molar-refractivity contribution in [2.45, 2.75) is 37.0 Å². The number of fused-ring (bicyclic) bond motifs is 13. The summed E-state index contributed by atoms with van der Waals surface area (Å²) in [5, 5.41) is 2.65. The Morgan fingerprint density at radius 1 is 0.608 bits per heavy atom. The van der Waals surface area contributed by atoms with Gasteiger partial charge in [-0.3, -0.25) is 0 Å². The molecule has 7 aromatic rings. The Morgan fingerprint density at radius 2 is 1.35 bits per heavy atom. The van der Waals surface area contributed by atoms with Crippen molar-refractivity contribution < 1.29 is 0 Å². The molecule has 1 heterocycles. The second-order valence-electron chi connectivity index (χ2n) is 15.4. The van der Waals surface area contributed by atoms with Crippen LogP contribution in [0.3, 0.4) is 0 Å². The molecule has 0 bridgehead atoms. The van der Waals surface area contributed by atoms with E-state index in [0.29, 0.717) is 17.8 Å². The third-order valence-corrected chi connectivity index (χ3v) is 13.1. The van der Waals surface area contributed by atoms with Crippen molar-refractivity contribution in [1.29, 1.82) is 0 Å².